The summed E-state index contributed by atoms with van der Waals surface area (Å²) in [6.45, 7) is 9.24. The van der Waals surface area contributed by atoms with Crippen LogP contribution < -0.4 is 5.32 Å². The van der Waals surface area contributed by atoms with Gasteiger partial charge < -0.3 is 10.2 Å². The number of nitrogens with zero attached hydrogens (tertiary/aromatic N) is 3. The van der Waals surface area contributed by atoms with Gasteiger partial charge in [0.2, 0.25) is 5.91 Å². The van der Waals surface area contributed by atoms with Crippen molar-refractivity contribution in [3.05, 3.63) is 58.3 Å². The Labute approximate surface area is 172 Å². The molecule has 2 rings (SSSR count). The van der Waals surface area contributed by atoms with E-state index in [9.17, 15) is 14.0 Å². The van der Waals surface area contributed by atoms with Crippen LogP contribution >= 0.6 is 23.1 Å². The Morgan fingerprint density at radius 3 is 2.71 bits per heavy atom. The summed E-state index contributed by atoms with van der Waals surface area (Å²) in [5, 5.41) is 8.16. The molecule has 0 aliphatic carbocycles. The van der Waals surface area contributed by atoms with E-state index in [1.165, 1.54) is 34.6 Å². The van der Waals surface area contributed by atoms with E-state index in [0.29, 0.717) is 6.42 Å². The van der Waals surface area contributed by atoms with Crippen molar-refractivity contribution in [2.24, 2.45) is 0 Å². The Balaban J connectivity index is 2.59. The highest BCUT2D eigenvalue weighted by atomic mass is 35.5. The van der Waals surface area contributed by atoms with Crippen molar-refractivity contribution < 1.29 is 14.0 Å². The molecule has 1 atom stereocenters. The van der Waals surface area contributed by atoms with E-state index >= 15 is 0 Å². The number of hydrogen-bond donors (Lipinski definition) is 1. The van der Waals surface area contributed by atoms with Gasteiger partial charge in [-0.1, -0.05) is 35.2 Å². The van der Waals surface area contributed by atoms with Crippen molar-refractivity contribution in [2.75, 3.05) is 6.54 Å². The van der Waals surface area contributed by atoms with Crippen LogP contribution in [0.25, 0.3) is 0 Å². The number of amides is 2. The summed E-state index contributed by atoms with van der Waals surface area (Å²) in [4.78, 5) is 27.4. The van der Waals surface area contributed by atoms with E-state index < -0.39 is 29.2 Å². The van der Waals surface area contributed by atoms with Crippen molar-refractivity contribution in [3.63, 3.8) is 0 Å². The largest absolute Gasteiger partial charge is 0.349 e. The number of halogens is 2. The quantitative estimate of drug-likeness (QED) is 0.650. The van der Waals surface area contributed by atoms with Crippen LogP contribution in [0, 0.1) is 5.82 Å². The lowest BCUT2D eigenvalue weighted by atomic mass is 9.98. The van der Waals surface area contributed by atoms with E-state index in [1.807, 2.05) is 20.8 Å². The third-order valence-electron chi connectivity index (χ3n) is 4.34. The maximum Gasteiger partial charge on any atom is 0.276 e. The van der Waals surface area contributed by atoms with Gasteiger partial charge in [0, 0.05) is 28.0 Å². The highest BCUT2D eigenvalue weighted by Crippen LogP contribution is 2.32. The number of nitrogens with one attached hydrogen (secondary N) is 1. The molecule has 0 radical (unpaired) electrons. The summed E-state index contributed by atoms with van der Waals surface area (Å²) in [6.07, 6.45) is 2.10. The molecule has 1 heterocycles. The van der Waals surface area contributed by atoms with E-state index in [-0.39, 0.29) is 22.8 Å². The molecular formula is C19H22ClFN4O2S. The van der Waals surface area contributed by atoms with Crippen LogP contribution in [0.4, 0.5) is 4.39 Å². The minimum absolute atomic E-state index is 0.00827. The topological polar surface area (TPSA) is 75.2 Å². The average molecular weight is 425 g/mol. The number of aromatic nitrogens is 2. The first-order valence-corrected chi connectivity index (χ1v) is 9.88. The first kappa shape index (κ1) is 22.0. The zero-order valence-corrected chi connectivity index (χ0v) is 17.5. The molecule has 0 aliphatic rings. The molecule has 0 saturated carbocycles. The Morgan fingerprint density at radius 1 is 1.46 bits per heavy atom. The van der Waals surface area contributed by atoms with Gasteiger partial charge in [0.15, 0.2) is 5.69 Å². The van der Waals surface area contributed by atoms with Gasteiger partial charge in [-0.25, -0.2) is 4.39 Å². The molecular weight excluding hydrogens is 403 g/mol. The van der Waals surface area contributed by atoms with Crippen LogP contribution in [-0.2, 0) is 4.79 Å². The normalized spacial score (nSPS) is 12.3. The van der Waals surface area contributed by atoms with Crippen LogP contribution in [0.2, 0.25) is 5.02 Å². The fourth-order valence-corrected chi connectivity index (χ4v) is 3.24. The molecule has 9 heteroatoms. The second kappa shape index (κ2) is 9.25. The lowest BCUT2D eigenvalue weighted by Gasteiger charge is -2.34. The molecule has 0 saturated heterocycles. The third kappa shape index (κ3) is 4.94. The second-order valence-corrected chi connectivity index (χ2v) is 7.82. The number of rotatable bonds is 8. The Kier molecular flexibility index (Phi) is 7.26. The number of hydrogen-bond acceptors (Lipinski definition) is 5. The molecule has 0 fully saturated rings. The minimum atomic E-state index is -1.30. The van der Waals surface area contributed by atoms with Gasteiger partial charge in [-0.15, -0.1) is 11.7 Å². The fourth-order valence-electron chi connectivity index (χ4n) is 2.54. The molecule has 1 unspecified atom stereocenters. The second-order valence-electron chi connectivity index (χ2n) is 6.80. The molecule has 6 nitrogen and oxygen atoms in total. The first-order chi connectivity index (χ1) is 13.2. The summed E-state index contributed by atoms with van der Waals surface area (Å²) in [5.74, 6) is -1.79. The Morgan fingerprint density at radius 2 is 2.18 bits per heavy atom. The number of benzene rings is 1. The van der Waals surface area contributed by atoms with E-state index in [2.05, 4.69) is 21.5 Å². The van der Waals surface area contributed by atoms with Gasteiger partial charge in [-0.3, -0.25) is 9.59 Å². The van der Waals surface area contributed by atoms with Crippen LogP contribution in [0.3, 0.4) is 0 Å². The van der Waals surface area contributed by atoms with Gasteiger partial charge in [-0.2, -0.15) is 0 Å². The van der Waals surface area contributed by atoms with Gasteiger partial charge in [0.05, 0.1) is 0 Å². The highest BCUT2D eigenvalue weighted by molar-refractivity contribution is 7.03. The van der Waals surface area contributed by atoms with Crippen molar-refractivity contribution in [1.82, 2.24) is 19.8 Å². The molecule has 1 aromatic heterocycles. The summed E-state index contributed by atoms with van der Waals surface area (Å²) in [6, 6.07) is 2.82. The van der Waals surface area contributed by atoms with Crippen LogP contribution in [0.15, 0.2) is 36.2 Å². The standard InChI is InChI=1S/C19H22ClFN4O2S/c1-5-10-25(18(27)14-11-28-24-23-14)16(17(26)22-19(3,4)6-2)15-12(20)8-7-9-13(15)21/h5,7-9,11,16H,1,6,10H2,2-4H3,(H,22,26). The zero-order valence-electron chi connectivity index (χ0n) is 15.9. The van der Waals surface area contributed by atoms with Crippen LogP contribution in [0.1, 0.15) is 49.3 Å². The molecule has 2 amide bonds. The molecule has 2 aromatic rings. The van der Waals surface area contributed by atoms with Gasteiger partial charge in [0.1, 0.15) is 11.9 Å². The molecule has 150 valence electrons. The average Bonchev–Trinajstić information content (AvgIpc) is 3.17. The Hall–Kier alpha value is -2.32. The summed E-state index contributed by atoms with van der Waals surface area (Å²) < 4.78 is 18.4. The van der Waals surface area contributed by atoms with E-state index in [0.717, 1.165) is 11.5 Å². The van der Waals surface area contributed by atoms with Gasteiger partial charge >= 0.3 is 0 Å². The zero-order chi connectivity index (χ0) is 20.9. The van der Waals surface area contributed by atoms with Crippen LogP contribution in [-0.4, -0.2) is 38.4 Å². The van der Waals surface area contributed by atoms with E-state index in [1.54, 1.807) is 0 Å². The lowest BCUT2D eigenvalue weighted by Crippen LogP contribution is -2.50. The summed E-state index contributed by atoms with van der Waals surface area (Å²) in [7, 11) is 0. The number of carbonyl (C=O) groups excluding carboxylic acids is 2. The van der Waals surface area contributed by atoms with Gasteiger partial charge in [0.25, 0.3) is 5.91 Å². The van der Waals surface area contributed by atoms with Gasteiger partial charge in [-0.05, 0) is 43.9 Å². The molecule has 1 N–H and O–H groups in total. The van der Waals surface area contributed by atoms with Crippen LogP contribution in [0.5, 0.6) is 0 Å². The maximum atomic E-state index is 14.7. The molecule has 1 aromatic carbocycles. The first-order valence-electron chi connectivity index (χ1n) is 8.66. The monoisotopic (exact) mass is 424 g/mol. The van der Waals surface area contributed by atoms with Crippen molar-refractivity contribution in [3.8, 4) is 0 Å². The molecule has 28 heavy (non-hydrogen) atoms. The smallest absolute Gasteiger partial charge is 0.276 e. The SMILES string of the molecule is C=CCN(C(=O)c1csnn1)C(C(=O)NC(C)(C)CC)c1c(F)cccc1Cl. The molecule has 0 bridgehead atoms. The molecule has 0 spiro atoms. The fraction of sp³-hybridized carbons (Fsp3) is 0.368. The lowest BCUT2D eigenvalue weighted by molar-refractivity contribution is -0.127. The summed E-state index contributed by atoms with van der Waals surface area (Å²) >= 11 is 7.24. The maximum absolute atomic E-state index is 14.7. The highest BCUT2D eigenvalue weighted by Gasteiger charge is 2.37. The van der Waals surface area contributed by atoms with Crippen molar-refractivity contribution in [1.29, 1.82) is 0 Å². The predicted octanol–water partition coefficient (Wildman–Crippen LogP) is 4.00. The number of carbonyl (C=O) groups is 2. The third-order valence-corrected chi connectivity index (χ3v) is 5.18. The Bertz CT molecular complexity index is 837. The van der Waals surface area contributed by atoms with Crippen molar-refractivity contribution in [2.45, 2.75) is 38.8 Å². The molecule has 0 aliphatic heterocycles. The summed E-state index contributed by atoms with van der Waals surface area (Å²) in [5.41, 5.74) is -0.572. The van der Waals surface area contributed by atoms with Crippen molar-refractivity contribution >= 4 is 34.9 Å². The minimum Gasteiger partial charge on any atom is -0.349 e. The predicted molar refractivity (Wildman–Crippen MR) is 108 cm³/mol. The van der Waals surface area contributed by atoms with E-state index in [4.69, 9.17) is 11.6 Å².